The zero-order valence-corrected chi connectivity index (χ0v) is 15.6. The molecule has 0 saturated heterocycles. The van der Waals surface area contributed by atoms with Gasteiger partial charge in [-0.15, -0.1) is 0 Å². The van der Waals surface area contributed by atoms with E-state index >= 15 is 0 Å². The summed E-state index contributed by atoms with van der Waals surface area (Å²) < 4.78 is 31.8. The summed E-state index contributed by atoms with van der Waals surface area (Å²) in [5, 5.41) is 4.15. The van der Waals surface area contributed by atoms with E-state index in [9.17, 15) is 8.42 Å². The van der Waals surface area contributed by atoms with Crippen LogP contribution in [0, 0.1) is 6.92 Å². The second-order valence-corrected chi connectivity index (χ2v) is 7.70. The van der Waals surface area contributed by atoms with Crippen LogP contribution in [0.2, 0.25) is 5.15 Å². The Labute approximate surface area is 151 Å². The summed E-state index contributed by atoms with van der Waals surface area (Å²) in [6.07, 6.45) is 3.39. The highest BCUT2D eigenvalue weighted by Gasteiger charge is 2.30. The number of nitrogens with zero attached hydrogens (tertiary/aromatic N) is 4. The van der Waals surface area contributed by atoms with Crippen molar-refractivity contribution in [1.82, 2.24) is 24.1 Å². The van der Waals surface area contributed by atoms with E-state index in [1.54, 1.807) is 30.9 Å². The Morgan fingerprint density at radius 2 is 1.88 bits per heavy atom. The maximum Gasteiger partial charge on any atom is 0.246 e. The minimum Gasteiger partial charge on any atom is -0.336 e. The third kappa shape index (κ3) is 3.33. The third-order valence-electron chi connectivity index (χ3n) is 3.89. The number of aromatic nitrogens is 4. The molecule has 3 aromatic rings. The summed E-state index contributed by atoms with van der Waals surface area (Å²) in [5.41, 5.74) is 1.12. The molecule has 0 radical (unpaired) electrons. The number of rotatable bonds is 5. The highest BCUT2D eigenvalue weighted by Crippen LogP contribution is 2.28. The lowest BCUT2D eigenvalue weighted by atomic mass is 10.1. The molecule has 3 rings (SSSR count). The van der Waals surface area contributed by atoms with Crippen molar-refractivity contribution in [3.8, 4) is 0 Å². The summed E-state index contributed by atoms with van der Waals surface area (Å²) in [6.45, 7) is 1.61. The molecule has 9 heteroatoms. The number of imidazole rings is 1. The summed E-state index contributed by atoms with van der Waals surface area (Å²) in [5.74, 6) is 0.576. The second kappa shape index (κ2) is 6.62. The van der Waals surface area contributed by atoms with Gasteiger partial charge in [-0.3, -0.25) is 4.68 Å². The molecule has 1 atom stereocenters. The SMILES string of the molecule is Cc1nn(C)c(Cl)c1S(=O)(=O)N[C@@H](c1ccccc1)c1nccn1C. The van der Waals surface area contributed by atoms with Gasteiger partial charge in [0.15, 0.2) is 0 Å². The van der Waals surface area contributed by atoms with Crippen LogP contribution in [0.3, 0.4) is 0 Å². The quantitative estimate of drug-likeness (QED) is 0.736. The van der Waals surface area contributed by atoms with Gasteiger partial charge in [0.2, 0.25) is 10.0 Å². The third-order valence-corrected chi connectivity index (χ3v) is 6.01. The molecule has 0 aliphatic carbocycles. The lowest BCUT2D eigenvalue weighted by molar-refractivity contribution is 0.562. The molecular formula is C16H18ClN5O2S. The van der Waals surface area contributed by atoms with Gasteiger partial charge in [0, 0.05) is 26.5 Å². The minimum absolute atomic E-state index is 0.0215. The Bertz CT molecular complexity index is 995. The number of benzene rings is 1. The number of halogens is 1. The van der Waals surface area contributed by atoms with Crippen molar-refractivity contribution in [3.63, 3.8) is 0 Å². The molecule has 2 aromatic heterocycles. The molecule has 1 N–H and O–H groups in total. The first-order valence-corrected chi connectivity index (χ1v) is 9.41. The summed E-state index contributed by atoms with van der Waals surface area (Å²) in [6, 6.07) is 8.61. The van der Waals surface area contributed by atoms with Crippen molar-refractivity contribution in [2.75, 3.05) is 0 Å². The van der Waals surface area contributed by atoms with Gasteiger partial charge >= 0.3 is 0 Å². The Balaban J connectivity index is 2.08. The van der Waals surface area contributed by atoms with Crippen LogP contribution in [-0.2, 0) is 24.1 Å². The Kier molecular flexibility index (Phi) is 4.68. The topological polar surface area (TPSA) is 81.8 Å². The smallest absolute Gasteiger partial charge is 0.246 e. The van der Waals surface area contributed by atoms with Crippen LogP contribution in [-0.4, -0.2) is 27.7 Å². The van der Waals surface area contributed by atoms with Crippen molar-refractivity contribution in [1.29, 1.82) is 0 Å². The highest BCUT2D eigenvalue weighted by atomic mass is 35.5. The van der Waals surface area contributed by atoms with Crippen molar-refractivity contribution in [2.45, 2.75) is 17.9 Å². The molecule has 0 saturated carbocycles. The van der Waals surface area contributed by atoms with Gasteiger partial charge in [-0.1, -0.05) is 41.9 Å². The number of hydrogen-bond acceptors (Lipinski definition) is 4. The van der Waals surface area contributed by atoms with E-state index < -0.39 is 16.1 Å². The van der Waals surface area contributed by atoms with E-state index in [1.165, 1.54) is 4.68 Å². The van der Waals surface area contributed by atoms with E-state index in [2.05, 4.69) is 14.8 Å². The molecule has 0 bridgehead atoms. The van der Waals surface area contributed by atoms with E-state index in [1.807, 2.05) is 37.4 Å². The molecule has 0 fully saturated rings. The van der Waals surface area contributed by atoms with E-state index in [0.29, 0.717) is 11.5 Å². The van der Waals surface area contributed by atoms with Gasteiger partial charge in [-0.2, -0.15) is 9.82 Å². The van der Waals surface area contributed by atoms with Gasteiger partial charge in [-0.25, -0.2) is 13.4 Å². The lowest BCUT2D eigenvalue weighted by Crippen LogP contribution is -2.31. The standard InChI is InChI=1S/C16H18ClN5O2S/c1-11-14(15(17)22(3)19-11)25(23,24)20-13(12-7-5-4-6-8-12)16-18-9-10-21(16)2/h4-10,13,20H,1-3H3/t13-/m0/s1. The first-order chi connectivity index (χ1) is 11.8. The molecule has 0 aliphatic heterocycles. The number of sulfonamides is 1. The Morgan fingerprint density at radius 3 is 2.40 bits per heavy atom. The van der Waals surface area contributed by atoms with Crippen LogP contribution in [0.1, 0.15) is 23.1 Å². The molecule has 0 aliphatic rings. The zero-order valence-electron chi connectivity index (χ0n) is 14.0. The van der Waals surface area contributed by atoms with Crippen LogP contribution in [0.4, 0.5) is 0 Å². The molecule has 0 unspecified atom stereocenters. The number of aryl methyl sites for hydroxylation is 3. The average molecular weight is 380 g/mol. The molecule has 2 heterocycles. The van der Waals surface area contributed by atoms with Gasteiger partial charge in [0.1, 0.15) is 21.9 Å². The van der Waals surface area contributed by atoms with Crippen LogP contribution >= 0.6 is 11.6 Å². The van der Waals surface area contributed by atoms with Crippen molar-refractivity contribution in [3.05, 3.63) is 65.0 Å². The van der Waals surface area contributed by atoms with Crippen molar-refractivity contribution in [2.24, 2.45) is 14.1 Å². The van der Waals surface area contributed by atoms with Crippen LogP contribution < -0.4 is 4.72 Å². The van der Waals surface area contributed by atoms with Crippen LogP contribution in [0.15, 0.2) is 47.6 Å². The molecule has 0 amide bonds. The zero-order chi connectivity index (χ0) is 18.2. The fraction of sp³-hybridized carbons (Fsp3) is 0.250. The largest absolute Gasteiger partial charge is 0.336 e. The summed E-state index contributed by atoms with van der Waals surface area (Å²) in [7, 11) is -0.496. The molecule has 0 spiro atoms. The summed E-state index contributed by atoms with van der Waals surface area (Å²) in [4.78, 5) is 4.28. The fourth-order valence-electron chi connectivity index (χ4n) is 2.70. The van der Waals surface area contributed by atoms with E-state index in [4.69, 9.17) is 11.6 Å². The summed E-state index contributed by atoms with van der Waals surface area (Å²) >= 11 is 6.14. The molecule has 1 aromatic carbocycles. The van der Waals surface area contributed by atoms with E-state index in [0.717, 1.165) is 5.56 Å². The normalized spacial score (nSPS) is 13.1. The second-order valence-electron chi connectivity index (χ2n) is 5.69. The molecular weight excluding hydrogens is 362 g/mol. The monoisotopic (exact) mass is 379 g/mol. The van der Waals surface area contributed by atoms with Gasteiger partial charge in [0.25, 0.3) is 0 Å². The molecule has 7 nitrogen and oxygen atoms in total. The van der Waals surface area contributed by atoms with Crippen molar-refractivity contribution >= 4 is 21.6 Å². The number of nitrogens with one attached hydrogen (secondary N) is 1. The van der Waals surface area contributed by atoms with Gasteiger partial charge in [-0.05, 0) is 12.5 Å². The minimum atomic E-state index is -3.91. The predicted molar refractivity (Wildman–Crippen MR) is 94.8 cm³/mol. The lowest BCUT2D eigenvalue weighted by Gasteiger charge is -2.19. The highest BCUT2D eigenvalue weighted by molar-refractivity contribution is 7.89. The average Bonchev–Trinajstić information content (AvgIpc) is 3.09. The van der Waals surface area contributed by atoms with Crippen LogP contribution in [0.25, 0.3) is 0 Å². The van der Waals surface area contributed by atoms with Gasteiger partial charge < -0.3 is 4.57 Å². The Hall–Kier alpha value is -2.16. The maximum absolute atomic E-state index is 13.0. The predicted octanol–water partition coefficient (Wildman–Crippen LogP) is 2.18. The molecule has 132 valence electrons. The first kappa shape index (κ1) is 17.7. The molecule has 25 heavy (non-hydrogen) atoms. The number of hydrogen-bond donors (Lipinski definition) is 1. The van der Waals surface area contributed by atoms with Gasteiger partial charge in [0.05, 0.1) is 5.69 Å². The van der Waals surface area contributed by atoms with Crippen LogP contribution in [0.5, 0.6) is 0 Å². The van der Waals surface area contributed by atoms with E-state index in [-0.39, 0.29) is 10.0 Å². The fourth-order valence-corrected chi connectivity index (χ4v) is 4.63. The Morgan fingerprint density at radius 1 is 1.20 bits per heavy atom. The maximum atomic E-state index is 13.0. The first-order valence-electron chi connectivity index (χ1n) is 7.55. The van der Waals surface area contributed by atoms with Crippen molar-refractivity contribution < 1.29 is 8.42 Å².